The number of nitrogens with zero attached hydrogens (tertiary/aromatic N) is 2. The van der Waals surface area contributed by atoms with E-state index in [0.29, 0.717) is 12.3 Å². The third kappa shape index (κ3) is 7.53. The number of sulfonamides is 1. The van der Waals surface area contributed by atoms with E-state index in [1.807, 2.05) is 44.2 Å². The lowest BCUT2D eigenvalue weighted by Crippen LogP contribution is -2.51. The predicted molar refractivity (Wildman–Crippen MR) is 155 cm³/mol. The number of hydrogen-bond donors (Lipinski definition) is 1. The maximum atomic E-state index is 14.0. The van der Waals surface area contributed by atoms with Crippen LogP contribution in [0.2, 0.25) is 0 Å². The molecular formula is C30H37N3O6S. The molecule has 9 nitrogen and oxygen atoms in total. The second kappa shape index (κ2) is 13.8. The molecular weight excluding hydrogens is 530 g/mol. The largest absolute Gasteiger partial charge is 0.497 e. The van der Waals surface area contributed by atoms with Crippen LogP contribution in [-0.2, 0) is 26.2 Å². The van der Waals surface area contributed by atoms with E-state index in [4.69, 9.17) is 9.47 Å². The summed E-state index contributed by atoms with van der Waals surface area (Å²) in [5.41, 5.74) is 0.936. The minimum atomic E-state index is -4.23. The maximum absolute atomic E-state index is 14.0. The molecule has 2 amide bonds. The first-order chi connectivity index (χ1) is 19.1. The molecule has 10 heteroatoms. The van der Waals surface area contributed by atoms with Crippen molar-refractivity contribution in [2.45, 2.75) is 38.3 Å². The molecule has 3 aromatic carbocycles. The summed E-state index contributed by atoms with van der Waals surface area (Å²) in [6.45, 7) is 5.59. The van der Waals surface area contributed by atoms with Crippen LogP contribution < -0.4 is 19.1 Å². The van der Waals surface area contributed by atoms with Crippen LogP contribution in [0.5, 0.6) is 11.5 Å². The summed E-state index contributed by atoms with van der Waals surface area (Å²) >= 11 is 0. The lowest BCUT2D eigenvalue weighted by molar-refractivity contribution is -0.139. The van der Waals surface area contributed by atoms with Gasteiger partial charge in [0.1, 0.15) is 24.1 Å². The molecule has 0 saturated carbocycles. The highest BCUT2D eigenvalue weighted by Gasteiger charge is 2.34. The van der Waals surface area contributed by atoms with Crippen LogP contribution >= 0.6 is 0 Å². The van der Waals surface area contributed by atoms with Crippen LogP contribution in [0.25, 0.3) is 0 Å². The fourth-order valence-corrected chi connectivity index (χ4v) is 5.48. The van der Waals surface area contributed by atoms with Crippen molar-refractivity contribution in [2.75, 3.05) is 31.6 Å². The molecule has 0 saturated heterocycles. The average Bonchev–Trinajstić information content (AvgIpc) is 2.97. The summed E-state index contributed by atoms with van der Waals surface area (Å²) < 4.78 is 39.8. The monoisotopic (exact) mass is 567 g/mol. The van der Waals surface area contributed by atoms with Gasteiger partial charge in [-0.05, 0) is 42.7 Å². The second-order valence-corrected chi connectivity index (χ2v) is 11.5. The Balaban J connectivity index is 2.08. The first-order valence-corrected chi connectivity index (χ1v) is 14.4. The summed E-state index contributed by atoms with van der Waals surface area (Å²) in [4.78, 5) is 28.5. The van der Waals surface area contributed by atoms with Gasteiger partial charge in [0.2, 0.25) is 11.8 Å². The van der Waals surface area contributed by atoms with Crippen LogP contribution in [0.15, 0.2) is 83.8 Å². The van der Waals surface area contributed by atoms with E-state index in [0.717, 1.165) is 9.87 Å². The lowest BCUT2D eigenvalue weighted by Gasteiger charge is -2.32. The van der Waals surface area contributed by atoms with Gasteiger partial charge < -0.3 is 19.7 Å². The van der Waals surface area contributed by atoms with E-state index < -0.39 is 28.5 Å². The summed E-state index contributed by atoms with van der Waals surface area (Å²) in [5, 5.41) is 2.88. The molecule has 0 radical (unpaired) electrons. The maximum Gasteiger partial charge on any atom is 0.264 e. The first kappa shape index (κ1) is 30.5. The molecule has 0 aromatic heterocycles. The number of nitrogens with one attached hydrogen (secondary N) is 1. The van der Waals surface area contributed by atoms with Crippen molar-refractivity contribution in [2.24, 2.45) is 5.92 Å². The highest BCUT2D eigenvalue weighted by molar-refractivity contribution is 7.92. The number of carbonyl (C=O) groups excluding carboxylic acids is 2. The minimum absolute atomic E-state index is 0.00464. The van der Waals surface area contributed by atoms with Gasteiger partial charge in [0.15, 0.2) is 0 Å². The van der Waals surface area contributed by atoms with Crippen molar-refractivity contribution in [1.29, 1.82) is 0 Å². The lowest BCUT2D eigenvalue weighted by atomic mass is 10.1. The number of carbonyl (C=O) groups is 2. The van der Waals surface area contributed by atoms with E-state index in [1.165, 1.54) is 37.3 Å². The quantitative estimate of drug-likeness (QED) is 0.334. The second-order valence-electron chi connectivity index (χ2n) is 9.68. The van der Waals surface area contributed by atoms with Gasteiger partial charge in [-0.2, -0.15) is 0 Å². The SMILES string of the molecule is COc1ccc(OC)c(N(CC(=O)N(Cc2ccccc2)[C@H](C)C(=O)NCC(C)C)S(=O)(=O)c2ccccc2)c1. The molecule has 0 bridgehead atoms. The summed E-state index contributed by atoms with van der Waals surface area (Å²) in [6, 6.07) is 21.0. The molecule has 0 aliphatic heterocycles. The highest BCUT2D eigenvalue weighted by Crippen LogP contribution is 2.36. The van der Waals surface area contributed by atoms with Crippen molar-refractivity contribution in [3.8, 4) is 11.5 Å². The molecule has 214 valence electrons. The highest BCUT2D eigenvalue weighted by atomic mass is 32.2. The molecule has 3 rings (SSSR count). The van der Waals surface area contributed by atoms with Gasteiger partial charge in [-0.1, -0.05) is 62.4 Å². The molecule has 1 N–H and O–H groups in total. The number of ether oxygens (including phenoxy) is 2. The van der Waals surface area contributed by atoms with Crippen LogP contribution in [0, 0.1) is 5.92 Å². The normalized spacial score (nSPS) is 11.9. The van der Waals surface area contributed by atoms with Crippen molar-refractivity contribution in [3.05, 3.63) is 84.4 Å². The molecule has 0 aliphatic carbocycles. The van der Waals surface area contributed by atoms with Crippen LogP contribution in [0.4, 0.5) is 5.69 Å². The molecule has 0 aliphatic rings. The van der Waals surface area contributed by atoms with Gasteiger partial charge in [-0.3, -0.25) is 13.9 Å². The third-order valence-electron chi connectivity index (χ3n) is 6.31. The Labute approximate surface area is 236 Å². The van der Waals surface area contributed by atoms with Crippen LogP contribution in [0.1, 0.15) is 26.3 Å². The Bertz CT molecular complexity index is 1380. The standard InChI is InChI=1S/C30H37N3O6S/c1-22(2)19-31-30(35)23(3)32(20-24-12-8-6-9-13-24)29(34)21-33(40(36,37)26-14-10-7-11-15-26)27-18-25(38-4)16-17-28(27)39-5/h6-18,22-23H,19-21H2,1-5H3,(H,31,35)/t23-/m1/s1. The van der Waals surface area contributed by atoms with Crippen molar-refractivity contribution < 1.29 is 27.5 Å². The summed E-state index contributed by atoms with van der Waals surface area (Å²) in [7, 11) is -1.35. The van der Waals surface area contributed by atoms with Gasteiger partial charge in [-0.25, -0.2) is 8.42 Å². The Morgan fingerprint density at radius 3 is 2.08 bits per heavy atom. The number of rotatable bonds is 13. The minimum Gasteiger partial charge on any atom is -0.497 e. The van der Waals surface area contributed by atoms with E-state index in [9.17, 15) is 18.0 Å². The van der Waals surface area contributed by atoms with Crippen LogP contribution in [0.3, 0.4) is 0 Å². The van der Waals surface area contributed by atoms with E-state index in [2.05, 4.69) is 5.32 Å². The average molecular weight is 568 g/mol. The molecule has 0 fully saturated rings. The zero-order chi connectivity index (χ0) is 29.3. The van der Waals surface area contributed by atoms with Gasteiger partial charge in [0, 0.05) is 19.2 Å². The Morgan fingerprint density at radius 2 is 1.50 bits per heavy atom. The topological polar surface area (TPSA) is 105 Å². The predicted octanol–water partition coefficient (Wildman–Crippen LogP) is 4.09. The van der Waals surface area contributed by atoms with Crippen molar-refractivity contribution in [3.63, 3.8) is 0 Å². The molecule has 1 atom stereocenters. The molecule has 0 spiro atoms. The molecule has 3 aromatic rings. The number of hydrogen-bond acceptors (Lipinski definition) is 6. The first-order valence-electron chi connectivity index (χ1n) is 13.0. The number of anilines is 1. The molecule has 40 heavy (non-hydrogen) atoms. The zero-order valence-electron chi connectivity index (χ0n) is 23.5. The Morgan fingerprint density at radius 1 is 0.875 bits per heavy atom. The number of benzene rings is 3. The van der Waals surface area contributed by atoms with E-state index >= 15 is 0 Å². The molecule has 0 heterocycles. The van der Waals surface area contributed by atoms with Crippen molar-refractivity contribution >= 4 is 27.5 Å². The smallest absolute Gasteiger partial charge is 0.264 e. The van der Waals surface area contributed by atoms with Crippen molar-refractivity contribution in [1.82, 2.24) is 10.2 Å². The Kier molecular flexibility index (Phi) is 10.6. The molecule has 0 unspecified atom stereocenters. The van der Waals surface area contributed by atoms with Crippen LogP contribution in [-0.4, -0.2) is 58.5 Å². The third-order valence-corrected chi connectivity index (χ3v) is 8.09. The fraction of sp³-hybridized carbons (Fsp3) is 0.333. The van der Waals surface area contributed by atoms with E-state index in [1.54, 1.807) is 37.3 Å². The Hall–Kier alpha value is -4.05. The summed E-state index contributed by atoms with van der Waals surface area (Å²) in [5.74, 6) is -0.0270. The number of amides is 2. The fourth-order valence-electron chi connectivity index (χ4n) is 4.04. The van der Waals surface area contributed by atoms with E-state index in [-0.39, 0.29) is 34.7 Å². The zero-order valence-corrected chi connectivity index (χ0v) is 24.4. The van der Waals surface area contributed by atoms with Gasteiger partial charge >= 0.3 is 0 Å². The van der Waals surface area contributed by atoms with Gasteiger partial charge in [-0.15, -0.1) is 0 Å². The summed E-state index contributed by atoms with van der Waals surface area (Å²) in [6.07, 6.45) is 0. The van der Waals surface area contributed by atoms with Gasteiger partial charge in [0.25, 0.3) is 10.0 Å². The number of methoxy groups -OCH3 is 2. The van der Waals surface area contributed by atoms with Gasteiger partial charge in [0.05, 0.1) is 24.8 Å².